The number of piperazine rings is 1. The van der Waals surface area contributed by atoms with Crippen LogP contribution in [0.3, 0.4) is 0 Å². The Bertz CT molecular complexity index is 2070. The van der Waals surface area contributed by atoms with Gasteiger partial charge in [-0.25, -0.2) is 4.79 Å². The predicted molar refractivity (Wildman–Crippen MR) is 216 cm³/mol. The van der Waals surface area contributed by atoms with E-state index in [1.165, 1.54) is 29.2 Å². The minimum Gasteiger partial charge on any atom is -0.870 e. The second-order valence-electron chi connectivity index (χ2n) is 12.3. The standard InChI is InChI=1S/C33H36N6O4.C6H5ClO2S.2Na.H2O2P.H2O/c1-2-16-34-20-30(41)39-28(18-23-11-13-27(40)14-12-23)32(42)38(21-26-10-6-9-25-15-17-35-31(25)26)22-29(39)37-33(43)36-19-24-7-4-3-5-8-24;7-5-1-3-6(4-2-5)10(8)9;;;1-3-2;/h2-15,17,28-29,34-35,40H,1,16,18-22H2,(H2,36,37,43);1-4H,(H,8,9);;;1,3H;1H2/q;;2*+1;-1;/p-2/t28-,29+;;;;;/m0...../s1. The Morgan fingerprint density at radius 1 is 0.983 bits per heavy atom. The summed E-state index contributed by atoms with van der Waals surface area (Å²) in [5, 5.41) is 20.2. The number of aromatic nitrogens is 1. The molecule has 15 nitrogen and oxygen atoms in total. The minimum absolute atomic E-state index is 0. The second kappa shape index (κ2) is 28.4. The number of hydrogen-bond donors (Lipinski definition) is 6. The summed E-state index contributed by atoms with van der Waals surface area (Å²) in [5.41, 5.74) is 3.57. The third-order valence-corrected chi connectivity index (χ3v) is 9.42. The van der Waals surface area contributed by atoms with E-state index in [0.717, 1.165) is 27.6 Å². The van der Waals surface area contributed by atoms with Crippen LogP contribution < -0.4 is 80.0 Å². The first kappa shape index (κ1) is 53.9. The number of carbonyl (C=O) groups is 3. The van der Waals surface area contributed by atoms with E-state index in [2.05, 4.69) is 27.5 Å². The quantitative estimate of drug-likeness (QED) is 0.0253. The number of phenolic OH excluding ortho intramolecular Hbond substituents is 1. The molecule has 7 N–H and O–H groups in total. The van der Waals surface area contributed by atoms with Crippen LogP contribution in [0.1, 0.15) is 16.7 Å². The van der Waals surface area contributed by atoms with Gasteiger partial charge < -0.3 is 55.7 Å². The van der Waals surface area contributed by atoms with Crippen LogP contribution in [0.5, 0.6) is 5.75 Å². The topological polar surface area (TPSA) is 243 Å². The van der Waals surface area contributed by atoms with E-state index < -0.39 is 38.4 Å². The van der Waals surface area contributed by atoms with Crippen molar-refractivity contribution in [2.24, 2.45) is 0 Å². The fourth-order valence-electron chi connectivity index (χ4n) is 5.97. The van der Waals surface area contributed by atoms with Gasteiger partial charge in [0.2, 0.25) is 11.8 Å². The zero-order valence-electron chi connectivity index (χ0n) is 32.5. The van der Waals surface area contributed by atoms with Crippen LogP contribution in [0.4, 0.5) is 4.79 Å². The molecule has 0 bridgehead atoms. The molecule has 1 aliphatic heterocycles. The molecule has 6 rings (SSSR count). The summed E-state index contributed by atoms with van der Waals surface area (Å²) in [6.07, 6.45) is 2.92. The van der Waals surface area contributed by atoms with Gasteiger partial charge in [-0.05, 0) is 75.6 Å². The summed E-state index contributed by atoms with van der Waals surface area (Å²) in [6, 6.07) is 28.6. The average molecular weight is 884 g/mol. The minimum atomic E-state index is -2.15. The van der Waals surface area contributed by atoms with Crippen LogP contribution >= 0.6 is 20.6 Å². The number of nitrogens with one attached hydrogen (secondary N) is 4. The van der Waals surface area contributed by atoms with Gasteiger partial charge in [-0.3, -0.25) is 13.8 Å². The van der Waals surface area contributed by atoms with Gasteiger partial charge in [0.05, 0.1) is 18.6 Å². The number of H-pyrrole nitrogens is 1. The van der Waals surface area contributed by atoms with E-state index in [4.69, 9.17) is 21.4 Å². The largest absolute Gasteiger partial charge is 1.00 e. The summed E-state index contributed by atoms with van der Waals surface area (Å²) in [7, 11) is -1.17. The SMILES string of the molecule is C=CCNCC(=O)N1[C@@H](NC(=O)NCc2ccccc2)CN(Cc2cccc3cc[nH]c23)C(=O)[C@@H]1Cc1ccc(O)cc1.O=S([O-])c1ccc(Cl)cc1.[Na+].[Na+].[O-]PO.[OH-]. The molecule has 20 heteroatoms. The summed E-state index contributed by atoms with van der Waals surface area (Å²) in [6.45, 7) is 4.78. The molecule has 4 amide bonds. The van der Waals surface area contributed by atoms with E-state index in [0.29, 0.717) is 24.7 Å². The number of halogens is 1. The fraction of sp³-hybridized carbons (Fsp3) is 0.205. The van der Waals surface area contributed by atoms with E-state index >= 15 is 0 Å². The van der Waals surface area contributed by atoms with Crippen LogP contribution in [-0.4, -0.2) is 88.7 Å². The molecule has 59 heavy (non-hydrogen) atoms. The average Bonchev–Trinajstić information content (AvgIpc) is 3.68. The Kier molecular flexibility index (Phi) is 25.9. The molecule has 2 unspecified atom stereocenters. The van der Waals surface area contributed by atoms with Gasteiger partial charge in [0.1, 0.15) is 18.0 Å². The van der Waals surface area contributed by atoms with Crippen LogP contribution in [0.25, 0.3) is 10.9 Å². The van der Waals surface area contributed by atoms with Gasteiger partial charge in [0, 0.05) is 42.2 Å². The Hall–Kier alpha value is -3.16. The van der Waals surface area contributed by atoms with Crippen molar-refractivity contribution in [1.82, 2.24) is 30.7 Å². The van der Waals surface area contributed by atoms with Crippen molar-refractivity contribution in [3.63, 3.8) is 0 Å². The number of carbonyl (C=O) groups excluding carboxylic acids is 3. The van der Waals surface area contributed by atoms with Crippen molar-refractivity contribution in [2.45, 2.75) is 36.6 Å². The number of aromatic hydroxyl groups is 1. The normalized spacial score (nSPS) is 14.9. The molecule has 1 aromatic heterocycles. The van der Waals surface area contributed by atoms with Crippen LogP contribution in [-0.2, 0) is 40.2 Å². The summed E-state index contributed by atoms with van der Waals surface area (Å²) in [5.74, 6) is -0.439. The Morgan fingerprint density at radius 3 is 2.27 bits per heavy atom. The van der Waals surface area contributed by atoms with Gasteiger partial charge in [-0.2, -0.15) is 0 Å². The zero-order chi connectivity index (χ0) is 40.5. The van der Waals surface area contributed by atoms with Crippen LogP contribution in [0.2, 0.25) is 5.02 Å². The van der Waals surface area contributed by atoms with Gasteiger partial charge >= 0.3 is 65.1 Å². The van der Waals surface area contributed by atoms with Gasteiger partial charge in [0.25, 0.3) is 0 Å². The van der Waals surface area contributed by atoms with Gasteiger partial charge in [-0.15, -0.1) is 6.58 Å². The third-order valence-electron chi connectivity index (χ3n) is 8.51. The number of hydrogen-bond acceptors (Lipinski definition) is 10. The number of amides is 4. The molecule has 4 atom stereocenters. The van der Waals surface area contributed by atoms with Gasteiger partial charge in [-0.1, -0.05) is 87.4 Å². The van der Waals surface area contributed by atoms with Crippen molar-refractivity contribution < 1.29 is 103 Å². The number of para-hydroxylation sites is 1. The zero-order valence-corrected chi connectivity index (χ0v) is 39.1. The monoisotopic (exact) mass is 883 g/mol. The molecule has 1 aliphatic rings. The maximum atomic E-state index is 14.2. The van der Waals surface area contributed by atoms with Crippen molar-refractivity contribution >= 4 is 60.5 Å². The third kappa shape index (κ3) is 17.0. The Balaban J connectivity index is 0.000000937. The first-order valence-electron chi connectivity index (χ1n) is 17.2. The summed E-state index contributed by atoms with van der Waals surface area (Å²) < 4.78 is 20.5. The first-order valence-corrected chi connectivity index (χ1v) is 19.5. The number of phenols is 1. The van der Waals surface area contributed by atoms with Crippen molar-refractivity contribution in [1.29, 1.82) is 0 Å². The van der Waals surface area contributed by atoms with Crippen molar-refractivity contribution in [2.75, 3.05) is 19.6 Å². The molecule has 304 valence electrons. The molecule has 2 heterocycles. The number of fused-ring (bicyclic) bond motifs is 1. The molecular weight excluding hydrogens is 841 g/mol. The molecular formula is C39H43ClN6Na2O9PS-. The molecule has 0 radical (unpaired) electrons. The number of aromatic amines is 1. The Morgan fingerprint density at radius 2 is 1.64 bits per heavy atom. The Labute approximate surface area is 396 Å². The van der Waals surface area contributed by atoms with E-state index in [1.54, 1.807) is 35.2 Å². The molecule has 0 saturated carbocycles. The predicted octanol–water partition coefficient (Wildman–Crippen LogP) is -2.49. The van der Waals surface area contributed by atoms with Crippen molar-refractivity contribution in [3.05, 3.63) is 144 Å². The molecule has 5 aromatic rings. The van der Waals surface area contributed by atoms with Crippen LogP contribution in [0.15, 0.2) is 127 Å². The first-order chi connectivity index (χ1) is 27.0. The number of urea groups is 1. The fourth-order valence-corrected chi connectivity index (χ4v) is 6.45. The summed E-state index contributed by atoms with van der Waals surface area (Å²) in [4.78, 5) is 63.3. The van der Waals surface area contributed by atoms with E-state index in [9.17, 15) is 28.3 Å². The molecule has 4 aromatic carbocycles. The molecule has 0 spiro atoms. The molecule has 0 aliphatic carbocycles. The molecule has 1 fully saturated rings. The van der Waals surface area contributed by atoms with Gasteiger partial charge in [0.15, 0.2) is 0 Å². The number of rotatable bonds is 12. The maximum Gasteiger partial charge on any atom is 1.00 e. The van der Waals surface area contributed by atoms with Crippen LogP contribution in [0, 0.1) is 0 Å². The molecule has 1 saturated heterocycles. The number of nitrogens with zero attached hydrogens (tertiary/aromatic N) is 2. The van der Waals surface area contributed by atoms with E-state index in [1.807, 2.05) is 60.8 Å². The van der Waals surface area contributed by atoms with Crippen molar-refractivity contribution in [3.8, 4) is 5.75 Å². The maximum absolute atomic E-state index is 14.2. The van der Waals surface area contributed by atoms with E-state index in [-0.39, 0.29) is 107 Å². The smallest absolute Gasteiger partial charge is 0.870 e. The second-order valence-corrected chi connectivity index (χ2v) is 13.9. The summed E-state index contributed by atoms with van der Waals surface area (Å²) >= 11 is 3.37. The number of benzene rings is 4.